The molecule has 2 N–H and O–H groups in total. The molecular weight excluding hydrogens is 282 g/mol. The molecule has 1 aromatic heterocycles. The van der Waals surface area contributed by atoms with Gasteiger partial charge in [-0.05, 0) is 46.7 Å². The number of aryl methyl sites for hydroxylation is 1. The summed E-state index contributed by atoms with van der Waals surface area (Å²) in [5.41, 5.74) is 16.5. The molecule has 0 aliphatic heterocycles. The molecule has 0 radical (unpaired) electrons. The van der Waals surface area contributed by atoms with Crippen molar-refractivity contribution in [3.05, 3.63) is 89.7 Å². The number of hydrogen-bond donors (Lipinski definition) is 2. The molecule has 0 saturated carbocycles. The molecule has 0 atom stereocenters. The van der Waals surface area contributed by atoms with Gasteiger partial charge in [0.05, 0.1) is 0 Å². The molecular formula is C20H21N3. The van der Waals surface area contributed by atoms with E-state index in [1.165, 1.54) is 27.8 Å². The first-order valence-corrected chi connectivity index (χ1v) is 7.67. The Bertz CT molecular complexity index is 704. The summed E-state index contributed by atoms with van der Waals surface area (Å²) < 4.78 is 0. The first kappa shape index (κ1) is 16.6. The molecule has 0 aliphatic rings. The maximum atomic E-state index is 5.00. The monoisotopic (exact) mass is 303 g/mol. The predicted molar refractivity (Wildman–Crippen MR) is 93.7 cm³/mol. The lowest BCUT2D eigenvalue weighted by atomic mass is 10.00. The van der Waals surface area contributed by atoms with Gasteiger partial charge in [-0.25, -0.2) is 11.1 Å². The highest BCUT2D eigenvalue weighted by Crippen LogP contribution is 2.21. The number of aromatic nitrogens is 1. The summed E-state index contributed by atoms with van der Waals surface area (Å²) >= 11 is 0. The van der Waals surface area contributed by atoms with Crippen LogP contribution in [0.2, 0.25) is 0 Å². The highest BCUT2D eigenvalue weighted by atomic mass is 14.7. The molecule has 0 amide bonds. The zero-order chi connectivity index (χ0) is 16.5. The molecule has 0 bridgehead atoms. The molecule has 3 aromatic rings. The Morgan fingerprint density at radius 3 is 1.78 bits per heavy atom. The van der Waals surface area contributed by atoms with E-state index in [0.717, 1.165) is 12.8 Å². The van der Waals surface area contributed by atoms with Crippen molar-refractivity contribution in [2.45, 2.75) is 19.8 Å². The lowest BCUT2D eigenvalue weighted by molar-refractivity contribution is 1.05. The Hall–Kier alpha value is -2.81. The quantitative estimate of drug-likeness (QED) is 0.614. The van der Waals surface area contributed by atoms with Crippen LogP contribution in [0, 0.1) is 11.1 Å². The van der Waals surface area contributed by atoms with E-state index in [1.54, 1.807) is 0 Å². The third kappa shape index (κ3) is 4.58. The molecule has 116 valence electrons. The lowest BCUT2D eigenvalue weighted by Crippen LogP contribution is -1.89. The van der Waals surface area contributed by atoms with Crippen molar-refractivity contribution in [2.24, 2.45) is 0 Å². The minimum atomic E-state index is 0.933. The Balaban J connectivity index is 0.000000924. The first-order chi connectivity index (χ1) is 11.3. The van der Waals surface area contributed by atoms with Crippen molar-refractivity contribution >= 4 is 0 Å². The van der Waals surface area contributed by atoms with Crippen LogP contribution in [0.3, 0.4) is 0 Å². The summed E-state index contributed by atoms with van der Waals surface area (Å²) in [6.45, 7) is 2.18. The third-order valence-electron chi connectivity index (χ3n) is 3.78. The van der Waals surface area contributed by atoms with E-state index >= 15 is 0 Å². The van der Waals surface area contributed by atoms with Gasteiger partial charge in [-0.3, -0.25) is 4.98 Å². The van der Waals surface area contributed by atoms with Crippen LogP contribution in [0.15, 0.2) is 73.1 Å². The molecule has 3 heteroatoms. The number of rotatable bonds is 4. The second kappa shape index (κ2) is 8.59. The van der Waals surface area contributed by atoms with E-state index in [1.807, 2.05) is 18.5 Å². The average Bonchev–Trinajstić information content (AvgIpc) is 2.65. The summed E-state index contributed by atoms with van der Waals surface area (Å²) in [5, 5.41) is 0. The molecule has 3 nitrogen and oxygen atoms in total. The molecule has 1 heterocycles. The van der Waals surface area contributed by atoms with E-state index in [-0.39, 0.29) is 0 Å². The van der Waals surface area contributed by atoms with Gasteiger partial charge >= 0.3 is 0 Å². The van der Waals surface area contributed by atoms with Crippen molar-refractivity contribution in [1.29, 1.82) is 11.1 Å². The van der Waals surface area contributed by atoms with Gasteiger partial charge in [-0.2, -0.15) is 0 Å². The number of nitrogens with zero attached hydrogens (tertiary/aromatic N) is 1. The molecule has 0 aliphatic carbocycles. The summed E-state index contributed by atoms with van der Waals surface area (Å²) in [7, 11) is 0. The minimum Gasteiger partial charge on any atom is -0.264 e. The average molecular weight is 303 g/mol. The largest absolute Gasteiger partial charge is 0.264 e. The maximum Gasteiger partial charge on any atom is 0.0303 e. The van der Waals surface area contributed by atoms with Crippen LogP contribution < -0.4 is 0 Å². The minimum absolute atomic E-state index is 0.933. The second-order valence-electron chi connectivity index (χ2n) is 5.29. The van der Waals surface area contributed by atoms with E-state index in [4.69, 9.17) is 11.1 Å². The van der Waals surface area contributed by atoms with Crippen molar-refractivity contribution in [1.82, 2.24) is 4.98 Å². The standard InChI is InChI=1S/C20H19N.H2N2/c1-2-16-5-9-19(10-6-16)20-11-7-17(8-12-20)14-18-4-3-13-21-15-18;1-2/h3-13,15H,2,14H2,1H3;1-2H. The molecule has 0 unspecified atom stereocenters. The van der Waals surface area contributed by atoms with Gasteiger partial charge in [0.1, 0.15) is 0 Å². The number of nitrogens with one attached hydrogen (secondary N) is 2. The molecule has 0 saturated heterocycles. The summed E-state index contributed by atoms with van der Waals surface area (Å²) in [4.78, 5) is 4.16. The van der Waals surface area contributed by atoms with E-state index in [0.29, 0.717) is 0 Å². The van der Waals surface area contributed by atoms with Crippen LogP contribution in [0.4, 0.5) is 0 Å². The van der Waals surface area contributed by atoms with Crippen LogP contribution in [0.25, 0.3) is 11.1 Å². The predicted octanol–water partition coefficient (Wildman–Crippen LogP) is 5.50. The maximum absolute atomic E-state index is 5.00. The van der Waals surface area contributed by atoms with Gasteiger partial charge in [0.25, 0.3) is 0 Å². The van der Waals surface area contributed by atoms with Crippen molar-refractivity contribution in [3.63, 3.8) is 0 Å². The fourth-order valence-corrected chi connectivity index (χ4v) is 2.49. The van der Waals surface area contributed by atoms with Crippen LogP contribution >= 0.6 is 0 Å². The summed E-state index contributed by atoms with van der Waals surface area (Å²) in [6.07, 6.45) is 5.76. The van der Waals surface area contributed by atoms with Gasteiger partial charge in [-0.1, -0.05) is 61.5 Å². The van der Waals surface area contributed by atoms with E-state index < -0.39 is 0 Å². The van der Waals surface area contributed by atoms with Crippen molar-refractivity contribution in [3.8, 4) is 11.1 Å². The van der Waals surface area contributed by atoms with E-state index in [9.17, 15) is 0 Å². The molecule has 0 fully saturated rings. The Kier molecular flexibility index (Phi) is 6.18. The van der Waals surface area contributed by atoms with Gasteiger partial charge < -0.3 is 0 Å². The Labute approximate surface area is 137 Å². The number of hydrogen-bond acceptors (Lipinski definition) is 3. The van der Waals surface area contributed by atoms with Crippen molar-refractivity contribution < 1.29 is 0 Å². The fourth-order valence-electron chi connectivity index (χ4n) is 2.49. The summed E-state index contributed by atoms with van der Waals surface area (Å²) in [5.74, 6) is 0. The summed E-state index contributed by atoms with van der Waals surface area (Å²) in [6, 6.07) is 21.7. The molecule has 0 spiro atoms. The van der Waals surface area contributed by atoms with Crippen LogP contribution in [0.1, 0.15) is 23.6 Å². The number of benzene rings is 2. The molecule has 2 aromatic carbocycles. The van der Waals surface area contributed by atoms with Crippen LogP contribution in [-0.4, -0.2) is 4.98 Å². The lowest BCUT2D eigenvalue weighted by Gasteiger charge is -2.06. The Morgan fingerprint density at radius 2 is 1.30 bits per heavy atom. The Morgan fingerprint density at radius 1 is 0.739 bits per heavy atom. The van der Waals surface area contributed by atoms with Gasteiger partial charge in [0, 0.05) is 12.4 Å². The third-order valence-corrected chi connectivity index (χ3v) is 3.78. The van der Waals surface area contributed by atoms with Gasteiger partial charge in [-0.15, -0.1) is 0 Å². The highest BCUT2D eigenvalue weighted by Gasteiger charge is 2.00. The number of pyridine rings is 1. The normalized spacial score (nSPS) is 9.78. The van der Waals surface area contributed by atoms with Crippen molar-refractivity contribution in [2.75, 3.05) is 0 Å². The highest BCUT2D eigenvalue weighted by molar-refractivity contribution is 5.64. The van der Waals surface area contributed by atoms with Crippen LogP contribution in [0.5, 0.6) is 0 Å². The van der Waals surface area contributed by atoms with Gasteiger partial charge in [0.2, 0.25) is 0 Å². The SMILES string of the molecule is CCc1ccc(-c2ccc(Cc3cccnc3)cc2)cc1.N=N. The van der Waals surface area contributed by atoms with Gasteiger partial charge in [0.15, 0.2) is 0 Å². The second-order valence-corrected chi connectivity index (χ2v) is 5.29. The zero-order valence-electron chi connectivity index (χ0n) is 13.3. The molecule has 23 heavy (non-hydrogen) atoms. The zero-order valence-corrected chi connectivity index (χ0v) is 13.3. The molecule has 3 rings (SSSR count). The van der Waals surface area contributed by atoms with Crippen LogP contribution in [-0.2, 0) is 12.8 Å². The fraction of sp³-hybridized carbons (Fsp3) is 0.150. The topological polar surface area (TPSA) is 60.6 Å². The first-order valence-electron chi connectivity index (χ1n) is 7.67. The van der Waals surface area contributed by atoms with E-state index in [2.05, 4.69) is 66.5 Å². The smallest absolute Gasteiger partial charge is 0.0303 e.